The zero-order chi connectivity index (χ0) is 22.0. The van der Waals surface area contributed by atoms with Crippen molar-refractivity contribution in [3.8, 4) is 0 Å². The Balaban J connectivity index is 0.000000213. The molecule has 0 aromatic heterocycles. The average molecular weight is 454 g/mol. The molecule has 2 aromatic carbocycles. The molecule has 0 fully saturated rings. The largest absolute Gasteiger partial charge is 2.00 e. The van der Waals surface area contributed by atoms with Crippen molar-refractivity contribution in [2.45, 2.75) is 67.2 Å². The second-order valence-corrected chi connectivity index (χ2v) is 10.0. The molecule has 2 aliphatic carbocycles. The number of fused-ring (bicyclic) bond motifs is 2. The van der Waals surface area contributed by atoms with Crippen molar-refractivity contribution in [3.05, 3.63) is 82.9 Å². The first-order valence-corrected chi connectivity index (χ1v) is 11.7. The minimum Gasteiger partial charge on any atom is -0.265 e. The molecule has 0 N–H and O–H groups in total. The summed E-state index contributed by atoms with van der Waals surface area (Å²) in [5.41, 5.74) is 8.60. The quantitative estimate of drug-likeness (QED) is 0.321. The smallest absolute Gasteiger partial charge is 0.265 e. The van der Waals surface area contributed by atoms with Crippen molar-refractivity contribution in [2.24, 2.45) is 23.7 Å². The first kappa shape index (κ1) is 25.7. The molecule has 2 unspecified atom stereocenters. The van der Waals surface area contributed by atoms with Crippen LogP contribution in [0.1, 0.15) is 89.5 Å². The van der Waals surface area contributed by atoms with E-state index in [4.69, 9.17) is 0 Å². The normalized spacial score (nSPS) is 19.0. The minimum absolute atomic E-state index is 0. The Morgan fingerprint density at radius 2 is 0.871 bits per heavy atom. The predicted octanol–water partition coefficient (Wildman–Crippen LogP) is 8.56. The number of hydrogen-bond acceptors (Lipinski definition) is 0. The van der Waals surface area contributed by atoms with Gasteiger partial charge < -0.3 is 0 Å². The van der Waals surface area contributed by atoms with Crippen LogP contribution in [0.4, 0.5) is 0 Å². The van der Waals surface area contributed by atoms with Crippen LogP contribution in [0.5, 0.6) is 0 Å². The zero-order valence-corrected chi connectivity index (χ0v) is 21.6. The Bertz CT molecular complexity index is 849. The van der Waals surface area contributed by atoms with Gasteiger partial charge in [-0.2, -0.15) is 11.1 Å². The minimum atomic E-state index is 0. The van der Waals surface area contributed by atoms with Gasteiger partial charge in [0, 0.05) is 0 Å². The molecule has 1 heteroatoms. The summed E-state index contributed by atoms with van der Waals surface area (Å²) < 4.78 is 0. The predicted molar refractivity (Wildman–Crippen MR) is 131 cm³/mol. The molecule has 2 atom stereocenters. The number of allylic oxidation sites excluding steroid dienone is 4. The van der Waals surface area contributed by atoms with Gasteiger partial charge in [-0.1, -0.05) is 127 Å². The molecule has 0 amide bonds. The van der Waals surface area contributed by atoms with Crippen LogP contribution in [0, 0.1) is 35.8 Å². The maximum Gasteiger partial charge on any atom is 2.00 e. The standard InChI is InChI=1S/2C15H19.Mn/c2*1-10(2)14-9-15(11(3)4)13-8-6-5-7-12(13)14;/h2*5-8,10-11,14H,1-4H3;/q2*-1;+2. The van der Waals surface area contributed by atoms with Crippen LogP contribution in [0.2, 0.25) is 0 Å². The summed E-state index contributed by atoms with van der Waals surface area (Å²) >= 11 is 0. The van der Waals surface area contributed by atoms with Gasteiger partial charge >= 0.3 is 17.1 Å². The van der Waals surface area contributed by atoms with Crippen LogP contribution in [0.25, 0.3) is 11.1 Å². The topological polar surface area (TPSA) is 0 Å². The van der Waals surface area contributed by atoms with E-state index < -0.39 is 0 Å². The fraction of sp³-hybridized carbons (Fsp3) is 0.467. The van der Waals surface area contributed by atoms with E-state index >= 15 is 0 Å². The summed E-state index contributed by atoms with van der Waals surface area (Å²) in [5, 5.41) is 0. The summed E-state index contributed by atoms with van der Waals surface area (Å²) in [6, 6.07) is 17.5. The molecule has 0 spiro atoms. The Morgan fingerprint density at radius 1 is 0.548 bits per heavy atom. The first-order chi connectivity index (χ1) is 14.2. The van der Waals surface area contributed by atoms with Crippen LogP contribution in [-0.4, -0.2) is 0 Å². The van der Waals surface area contributed by atoms with Crippen molar-refractivity contribution in [3.63, 3.8) is 0 Å². The summed E-state index contributed by atoms with van der Waals surface area (Å²) in [4.78, 5) is 0. The monoisotopic (exact) mass is 453 g/mol. The van der Waals surface area contributed by atoms with E-state index in [1.165, 1.54) is 33.4 Å². The van der Waals surface area contributed by atoms with Crippen LogP contribution in [0.3, 0.4) is 0 Å². The number of rotatable bonds is 4. The Hall–Kier alpha value is -1.56. The summed E-state index contributed by atoms with van der Waals surface area (Å²) in [7, 11) is 0. The molecule has 1 radical (unpaired) electrons. The maximum absolute atomic E-state index is 3.67. The molecule has 0 bridgehead atoms. The SMILES string of the molecule is CC(C)C1=[C-]C(C(C)C)c2ccccc21.CC(C)C1=[C-]C(C(C)C)c2ccccc21.[Mn+2]. The molecule has 2 aliphatic rings. The summed E-state index contributed by atoms with van der Waals surface area (Å²) in [6.07, 6.45) is 7.34. The zero-order valence-electron chi connectivity index (χ0n) is 20.5. The second kappa shape index (κ2) is 10.8. The van der Waals surface area contributed by atoms with Gasteiger partial charge in [-0.05, 0) is 0 Å². The molecule has 0 saturated heterocycles. The summed E-state index contributed by atoms with van der Waals surface area (Å²) in [6.45, 7) is 18.1. The van der Waals surface area contributed by atoms with Crippen molar-refractivity contribution < 1.29 is 17.1 Å². The maximum atomic E-state index is 3.67. The molecule has 165 valence electrons. The number of benzene rings is 2. The second-order valence-electron chi connectivity index (χ2n) is 10.0. The molecule has 0 heterocycles. The van der Waals surface area contributed by atoms with E-state index in [1.807, 2.05) is 0 Å². The molecule has 0 saturated carbocycles. The van der Waals surface area contributed by atoms with Gasteiger partial charge in [-0.25, -0.2) is 11.1 Å². The van der Waals surface area contributed by atoms with Crippen molar-refractivity contribution >= 4 is 11.1 Å². The third-order valence-electron chi connectivity index (χ3n) is 6.28. The van der Waals surface area contributed by atoms with Gasteiger partial charge in [0.25, 0.3) is 0 Å². The van der Waals surface area contributed by atoms with Crippen molar-refractivity contribution in [1.82, 2.24) is 0 Å². The van der Waals surface area contributed by atoms with Gasteiger partial charge in [-0.15, -0.1) is 23.3 Å². The molecule has 0 aliphatic heterocycles. The fourth-order valence-electron chi connectivity index (χ4n) is 4.68. The van der Waals surface area contributed by atoms with E-state index in [9.17, 15) is 0 Å². The number of hydrogen-bond donors (Lipinski definition) is 0. The van der Waals surface area contributed by atoms with Gasteiger partial charge in [0.05, 0.1) is 0 Å². The van der Waals surface area contributed by atoms with Gasteiger partial charge in [0.1, 0.15) is 0 Å². The van der Waals surface area contributed by atoms with Gasteiger partial charge in [0.15, 0.2) is 0 Å². The van der Waals surface area contributed by atoms with E-state index in [0.717, 1.165) is 0 Å². The van der Waals surface area contributed by atoms with Crippen LogP contribution in [0.15, 0.2) is 48.5 Å². The molecule has 2 aromatic rings. The van der Waals surface area contributed by atoms with E-state index in [0.29, 0.717) is 35.5 Å². The van der Waals surface area contributed by atoms with Crippen LogP contribution < -0.4 is 0 Å². The third-order valence-corrected chi connectivity index (χ3v) is 6.28. The molecule has 0 nitrogen and oxygen atoms in total. The van der Waals surface area contributed by atoms with Gasteiger partial charge in [-0.3, -0.25) is 12.2 Å². The third kappa shape index (κ3) is 5.44. The Kier molecular flexibility index (Phi) is 8.99. The van der Waals surface area contributed by atoms with E-state index in [-0.39, 0.29) is 17.1 Å². The fourth-order valence-corrected chi connectivity index (χ4v) is 4.68. The molecule has 4 rings (SSSR count). The van der Waals surface area contributed by atoms with Crippen LogP contribution in [-0.2, 0) is 17.1 Å². The van der Waals surface area contributed by atoms with Gasteiger partial charge in [0.2, 0.25) is 0 Å². The van der Waals surface area contributed by atoms with E-state index in [2.05, 4.69) is 116 Å². The van der Waals surface area contributed by atoms with Crippen molar-refractivity contribution in [2.75, 3.05) is 0 Å². The van der Waals surface area contributed by atoms with Crippen molar-refractivity contribution in [1.29, 1.82) is 0 Å². The van der Waals surface area contributed by atoms with Crippen LogP contribution >= 0.6 is 0 Å². The average Bonchev–Trinajstić information content (AvgIpc) is 3.28. The molecule has 31 heavy (non-hydrogen) atoms. The Morgan fingerprint density at radius 3 is 1.16 bits per heavy atom. The Labute approximate surface area is 201 Å². The van der Waals surface area contributed by atoms with E-state index in [1.54, 1.807) is 0 Å². The first-order valence-electron chi connectivity index (χ1n) is 11.7. The molecular weight excluding hydrogens is 415 g/mol. The summed E-state index contributed by atoms with van der Waals surface area (Å²) in [5.74, 6) is 3.44. The molecular formula is C30H38Mn.